The highest BCUT2D eigenvalue weighted by molar-refractivity contribution is 5.85. The van der Waals surface area contributed by atoms with Crippen LogP contribution in [0, 0.1) is 11.3 Å². The van der Waals surface area contributed by atoms with E-state index in [0.717, 1.165) is 31.8 Å². The van der Waals surface area contributed by atoms with Crippen molar-refractivity contribution in [3.63, 3.8) is 0 Å². The van der Waals surface area contributed by atoms with E-state index in [2.05, 4.69) is 24.5 Å². The molecule has 2 fully saturated rings. The van der Waals surface area contributed by atoms with E-state index in [0.29, 0.717) is 17.9 Å². The fourth-order valence-corrected chi connectivity index (χ4v) is 3.16. The van der Waals surface area contributed by atoms with Crippen LogP contribution in [0.3, 0.4) is 0 Å². The van der Waals surface area contributed by atoms with Gasteiger partial charge >= 0.3 is 0 Å². The Hall–Kier alpha value is -0.280. The first kappa shape index (κ1) is 15.8. The third kappa shape index (κ3) is 4.13. The zero-order chi connectivity index (χ0) is 12.3. The second-order valence-electron chi connectivity index (χ2n) is 6.40. The summed E-state index contributed by atoms with van der Waals surface area (Å²) >= 11 is 0. The molecule has 18 heavy (non-hydrogen) atoms. The number of halogens is 1. The van der Waals surface area contributed by atoms with Gasteiger partial charge in [0.25, 0.3) is 0 Å². The molecule has 1 heterocycles. The van der Waals surface area contributed by atoms with Crippen LogP contribution in [0.25, 0.3) is 0 Å². The molecule has 1 aliphatic carbocycles. The number of amides is 1. The Kier molecular flexibility index (Phi) is 5.93. The zero-order valence-corrected chi connectivity index (χ0v) is 12.4. The molecule has 0 aromatic heterocycles. The number of carbonyl (C=O) groups excluding carboxylic acids is 1. The third-order valence-corrected chi connectivity index (χ3v) is 4.53. The van der Waals surface area contributed by atoms with Crippen molar-refractivity contribution in [2.24, 2.45) is 11.3 Å². The van der Waals surface area contributed by atoms with Gasteiger partial charge in [-0.15, -0.1) is 12.4 Å². The van der Waals surface area contributed by atoms with E-state index in [1.807, 2.05) is 0 Å². The molecule has 0 spiro atoms. The first-order valence-electron chi connectivity index (χ1n) is 7.08. The minimum absolute atomic E-state index is 0. The van der Waals surface area contributed by atoms with Crippen molar-refractivity contribution >= 4 is 18.3 Å². The largest absolute Gasteiger partial charge is 0.353 e. The predicted octanol–water partition coefficient (Wildman–Crippen LogP) is 2.49. The van der Waals surface area contributed by atoms with Crippen LogP contribution >= 0.6 is 12.4 Å². The first-order valence-corrected chi connectivity index (χ1v) is 7.08. The summed E-state index contributed by atoms with van der Waals surface area (Å²) in [5.41, 5.74) is 0.296. The first-order chi connectivity index (χ1) is 8.08. The van der Waals surface area contributed by atoms with Gasteiger partial charge in [0.05, 0.1) is 0 Å². The van der Waals surface area contributed by atoms with E-state index < -0.39 is 0 Å². The molecular formula is C14H27ClN2O. The van der Waals surface area contributed by atoms with Crippen molar-refractivity contribution in [2.75, 3.05) is 13.1 Å². The van der Waals surface area contributed by atoms with Crippen molar-refractivity contribution in [1.29, 1.82) is 0 Å². The van der Waals surface area contributed by atoms with Crippen LogP contribution in [-0.2, 0) is 4.79 Å². The molecule has 3 nitrogen and oxygen atoms in total. The lowest BCUT2D eigenvalue weighted by Crippen LogP contribution is -2.41. The average molecular weight is 275 g/mol. The lowest BCUT2D eigenvalue weighted by molar-refractivity contribution is -0.122. The average Bonchev–Trinajstić information content (AvgIpc) is 2.86. The van der Waals surface area contributed by atoms with Gasteiger partial charge in [0.1, 0.15) is 0 Å². The minimum Gasteiger partial charge on any atom is -0.353 e. The molecule has 1 aliphatic heterocycles. The Morgan fingerprint density at radius 3 is 2.72 bits per heavy atom. The van der Waals surface area contributed by atoms with Crippen molar-refractivity contribution in [1.82, 2.24) is 10.6 Å². The summed E-state index contributed by atoms with van der Waals surface area (Å²) in [7, 11) is 0. The molecule has 2 aliphatic rings. The molecule has 0 aromatic carbocycles. The summed E-state index contributed by atoms with van der Waals surface area (Å²) in [5.74, 6) is 0.981. The lowest BCUT2D eigenvalue weighted by Gasteiger charge is -2.28. The maximum absolute atomic E-state index is 11.9. The highest BCUT2D eigenvalue weighted by atomic mass is 35.5. The zero-order valence-electron chi connectivity index (χ0n) is 11.6. The van der Waals surface area contributed by atoms with E-state index in [4.69, 9.17) is 0 Å². The minimum atomic E-state index is 0. The summed E-state index contributed by atoms with van der Waals surface area (Å²) in [5, 5.41) is 6.58. The summed E-state index contributed by atoms with van der Waals surface area (Å²) in [6.07, 6.45) is 6.64. The van der Waals surface area contributed by atoms with Crippen LogP contribution in [0.5, 0.6) is 0 Å². The Balaban J connectivity index is 0.00000162. The molecule has 2 rings (SSSR count). The van der Waals surface area contributed by atoms with Crippen molar-refractivity contribution in [3.8, 4) is 0 Å². The highest BCUT2D eigenvalue weighted by Gasteiger charge is 2.35. The summed E-state index contributed by atoms with van der Waals surface area (Å²) < 4.78 is 0. The van der Waals surface area contributed by atoms with Gasteiger partial charge in [0.15, 0.2) is 0 Å². The smallest absolute Gasteiger partial charge is 0.220 e. The number of nitrogens with one attached hydrogen (secondary N) is 2. The molecule has 1 amide bonds. The monoisotopic (exact) mass is 274 g/mol. The van der Waals surface area contributed by atoms with Crippen LogP contribution in [0.1, 0.15) is 52.4 Å². The predicted molar refractivity (Wildman–Crippen MR) is 77.0 cm³/mol. The molecular weight excluding hydrogens is 248 g/mol. The molecule has 2 unspecified atom stereocenters. The van der Waals surface area contributed by atoms with Gasteiger partial charge in [0.2, 0.25) is 5.91 Å². The number of hydrogen-bond acceptors (Lipinski definition) is 2. The number of hydrogen-bond donors (Lipinski definition) is 2. The topological polar surface area (TPSA) is 41.1 Å². The van der Waals surface area contributed by atoms with Gasteiger partial charge in [-0.25, -0.2) is 0 Å². The summed E-state index contributed by atoms with van der Waals surface area (Å²) in [6, 6.07) is 0.400. The van der Waals surface area contributed by atoms with Crippen molar-refractivity contribution < 1.29 is 4.79 Å². The fraction of sp³-hybridized carbons (Fsp3) is 0.929. The van der Waals surface area contributed by atoms with E-state index in [1.54, 1.807) is 0 Å². The van der Waals surface area contributed by atoms with Crippen LogP contribution in [0.4, 0.5) is 0 Å². The molecule has 1 saturated heterocycles. The van der Waals surface area contributed by atoms with E-state index in [9.17, 15) is 4.79 Å². The Morgan fingerprint density at radius 1 is 1.39 bits per heavy atom. The molecule has 0 bridgehead atoms. The van der Waals surface area contributed by atoms with Crippen LogP contribution in [0.15, 0.2) is 0 Å². The summed E-state index contributed by atoms with van der Waals surface area (Å²) in [6.45, 7) is 6.77. The summed E-state index contributed by atoms with van der Waals surface area (Å²) in [4.78, 5) is 11.9. The SMILES string of the molecule is CC1(C)CCCC1NC(=O)CCC1CCNC1.Cl. The Bertz CT molecular complexity index is 275. The van der Waals surface area contributed by atoms with Gasteiger partial charge in [0, 0.05) is 12.5 Å². The third-order valence-electron chi connectivity index (χ3n) is 4.53. The molecule has 106 valence electrons. The Labute approximate surface area is 117 Å². The standard InChI is InChI=1S/C14H26N2O.ClH/c1-14(2)8-3-4-12(14)16-13(17)6-5-11-7-9-15-10-11;/h11-12,15H,3-10H2,1-2H3,(H,16,17);1H. The maximum Gasteiger partial charge on any atom is 0.220 e. The van der Waals surface area contributed by atoms with Gasteiger partial charge in [-0.1, -0.05) is 20.3 Å². The fourth-order valence-electron chi connectivity index (χ4n) is 3.16. The molecule has 0 aromatic rings. The van der Waals surface area contributed by atoms with E-state index in [1.165, 1.54) is 19.3 Å². The second-order valence-corrected chi connectivity index (χ2v) is 6.40. The second kappa shape index (κ2) is 6.76. The van der Waals surface area contributed by atoms with Crippen molar-refractivity contribution in [3.05, 3.63) is 0 Å². The molecule has 2 N–H and O–H groups in total. The van der Waals surface area contributed by atoms with Crippen LogP contribution < -0.4 is 10.6 Å². The highest BCUT2D eigenvalue weighted by Crippen LogP contribution is 2.37. The lowest BCUT2D eigenvalue weighted by atomic mass is 9.87. The van der Waals surface area contributed by atoms with Gasteiger partial charge in [-0.2, -0.15) is 0 Å². The number of carbonyl (C=O) groups is 1. The van der Waals surface area contributed by atoms with E-state index in [-0.39, 0.29) is 18.3 Å². The van der Waals surface area contributed by atoms with Gasteiger partial charge in [-0.3, -0.25) is 4.79 Å². The quantitative estimate of drug-likeness (QED) is 0.827. The van der Waals surface area contributed by atoms with Crippen LogP contribution in [0.2, 0.25) is 0 Å². The van der Waals surface area contributed by atoms with Crippen LogP contribution in [-0.4, -0.2) is 25.0 Å². The number of rotatable bonds is 4. The molecule has 2 atom stereocenters. The Morgan fingerprint density at radius 2 is 2.17 bits per heavy atom. The van der Waals surface area contributed by atoms with Gasteiger partial charge in [-0.05, 0) is 50.1 Å². The maximum atomic E-state index is 11.9. The van der Waals surface area contributed by atoms with Gasteiger partial charge < -0.3 is 10.6 Å². The van der Waals surface area contributed by atoms with E-state index >= 15 is 0 Å². The molecule has 0 radical (unpaired) electrons. The van der Waals surface area contributed by atoms with Crippen molar-refractivity contribution in [2.45, 2.75) is 58.4 Å². The molecule has 4 heteroatoms. The normalized spacial score (nSPS) is 29.9. The molecule has 1 saturated carbocycles.